The molecule has 1 fully saturated rings. The van der Waals surface area contributed by atoms with Crippen molar-refractivity contribution in [1.29, 1.82) is 0 Å². The Morgan fingerprint density at radius 1 is 1.15 bits per heavy atom. The second kappa shape index (κ2) is 13.5. The van der Waals surface area contributed by atoms with Crippen LogP contribution < -0.4 is 15.5 Å². The second-order valence-electron chi connectivity index (χ2n) is 8.74. The van der Waals surface area contributed by atoms with Crippen LogP contribution in [0.15, 0.2) is 63.6 Å². The number of nitrogens with zero attached hydrogens (tertiary/aromatic N) is 4. The Bertz CT molecular complexity index is 1360. The smallest absolute Gasteiger partial charge is 0.412 e. The summed E-state index contributed by atoms with van der Waals surface area (Å²) in [6.07, 6.45) is 1.89. The van der Waals surface area contributed by atoms with Gasteiger partial charge in [0.1, 0.15) is 16.6 Å². The summed E-state index contributed by atoms with van der Waals surface area (Å²) in [5.74, 6) is 2.07. The fraction of sp³-hybridized carbons (Fsp3) is 0.333. The SMILES string of the molecule is CCc1nnc(SCc2cc(N3CCOCC3)cc(NCc3cccc(NC(=O)OCc4ccco4)c3)n2)s1. The molecule has 0 spiro atoms. The van der Waals surface area contributed by atoms with Crippen molar-refractivity contribution in [3.8, 4) is 0 Å². The largest absolute Gasteiger partial charge is 0.466 e. The zero-order chi connectivity index (χ0) is 26.9. The summed E-state index contributed by atoms with van der Waals surface area (Å²) in [6, 6.07) is 15.3. The molecule has 1 saturated heterocycles. The van der Waals surface area contributed by atoms with Crippen LogP contribution in [0.1, 0.15) is 28.9 Å². The fourth-order valence-electron chi connectivity index (χ4n) is 3.95. The summed E-state index contributed by atoms with van der Waals surface area (Å²) >= 11 is 3.28. The van der Waals surface area contributed by atoms with Crippen LogP contribution in [0.2, 0.25) is 0 Å². The van der Waals surface area contributed by atoms with Gasteiger partial charge in [0, 0.05) is 42.8 Å². The zero-order valence-electron chi connectivity index (χ0n) is 21.6. The summed E-state index contributed by atoms with van der Waals surface area (Å²) < 4.78 is 16.9. The number of nitrogens with one attached hydrogen (secondary N) is 2. The lowest BCUT2D eigenvalue weighted by Gasteiger charge is -2.29. The highest BCUT2D eigenvalue weighted by atomic mass is 32.2. The fourth-order valence-corrected chi connectivity index (χ4v) is 5.68. The van der Waals surface area contributed by atoms with Gasteiger partial charge in [-0.05, 0) is 42.3 Å². The summed E-state index contributed by atoms with van der Waals surface area (Å²) in [6.45, 7) is 5.81. The van der Waals surface area contributed by atoms with Gasteiger partial charge in [-0.3, -0.25) is 5.32 Å². The molecule has 10 nitrogen and oxygen atoms in total. The Balaban J connectivity index is 1.23. The number of amides is 1. The number of hydrogen-bond acceptors (Lipinski definition) is 11. The normalized spacial score (nSPS) is 13.3. The van der Waals surface area contributed by atoms with Gasteiger partial charge in [-0.1, -0.05) is 42.2 Å². The average Bonchev–Trinajstić information content (AvgIpc) is 3.67. The second-order valence-corrected chi connectivity index (χ2v) is 11.0. The van der Waals surface area contributed by atoms with Gasteiger partial charge in [-0.15, -0.1) is 10.2 Å². The van der Waals surface area contributed by atoms with Crippen LogP contribution >= 0.6 is 23.1 Å². The van der Waals surface area contributed by atoms with Gasteiger partial charge in [0.05, 0.1) is 25.2 Å². The Morgan fingerprint density at radius 2 is 2.05 bits per heavy atom. The Morgan fingerprint density at radius 3 is 2.85 bits per heavy atom. The van der Waals surface area contributed by atoms with E-state index in [0.717, 1.165) is 51.6 Å². The highest BCUT2D eigenvalue weighted by Gasteiger charge is 2.15. The lowest BCUT2D eigenvalue weighted by atomic mass is 10.2. The molecule has 0 unspecified atom stereocenters. The maximum absolute atomic E-state index is 12.2. The first kappa shape index (κ1) is 27.0. The number of thioether (sulfide) groups is 1. The molecule has 0 saturated carbocycles. The third kappa shape index (κ3) is 7.94. The van der Waals surface area contributed by atoms with Crippen LogP contribution in [0.25, 0.3) is 0 Å². The van der Waals surface area contributed by atoms with Gasteiger partial charge in [-0.25, -0.2) is 9.78 Å². The molecule has 0 atom stereocenters. The first-order chi connectivity index (χ1) is 19.1. The molecule has 0 bridgehead atoms. The lowest BCUT2D eigenvalue weighted by molar-refractivity contribution is 0.122. The van der Waals surface area contributed by atoms with Crippen molar-refractivity contribution >= 4 is 46.4 Å². The zero-order valence-corrected chi connectivity index (χ0v) is 23.2. The number of carbonyl (C=O) groups excluding carboxylic acids is 1. The number of aryl methyl sites for hydroxylation is 1. The Hall–Kier alpha value is -3.61. The van der Waals surface area contributed by atoms with Crippen molar-refractivity contribution < 1.29 is 18.7 Å². The molecule has 0 aliphatic carbocycles. The van der Waals surface area contributed by atoms with E-state index in [1.54, 1.807) is 41.5 Å². The number of aromatic nitrogens is 3. The Labute approximate surface area is 235 Å². The highest BCUT2D eigenvalue weighted by Crippen LogP contribution is 2.29. The van der Waals surface area contributed by atoms with Gasteiger partial charge < -0.3 is 24.1 Å². The summed E-state index contributed by atoms with van der Waals surface area (Å²) in [7, 11) is 0. The molecule has 3 aromatic heterocycles. The molecular formula is C27H30N6O4S2. The van der Waals surface area contributed by atoms with E-state index in [-0.39, 0.29) is 6.61 Å². The number of furan rings is 1. The third-order valence-corrected chi connectivity index (χ3v) is 8.14. The van der Waals surface area contributed by atoms with Crippen molar-refractivity contribution in [2.75, 3.05) is 41.8 Å². The molecule has 204 valence electrons. The molecule has 39 heavy (non-hydrogen) atoms. The van der Waals surface area contributed by atoms with E-state index >= 15 is 0 Å². The average molecular weight is 567 g/mol. The number of morpholine rings is 1. The van der Waals surface area contributed by atoms with E-state index in [9.17, 15) is 4.79 Å². The third-order valence-electron chi connectivity index (χ3n) is 5.91. The molecule has 0 radical (unpaired) electrons. The number of rotatable bonds is 11. The van der Waals surface area contributed by atoms with Gasteiger partial charge >= 0.3 is 6.09 Å². The number of ether oxygens (including phenoxy) is 2. The van der Waals surface area contributed by atoms with Crippen LogP contribution in [0.4, 0.5) is 22.0 Å². The minimum atomic E-state index is -0.542. The first-order valence-electron chi connectivity index (χ1n) is 12.7. The number of carbonyl (C=O) groups is 1. The molecule has 1 aliphatic rings. The lowest BCUT2D eigenvalue weighted by Crippen LogP contribution is -2.36. The van der Waals surface area contributed by atoms with E-state index in [0.29, 0.717) is 37.0 Å². The Kier molecular flexibility index (Phi) is 9.30. The molecule has 12 heteroatoms. The van der Waals surface area contributed by atoms with Crippen molar-refractivity contribution in [3.63, 3.8) is 0 Å². The van der Waals surface area contributed by atoms with E-state index in [2.05, 4.69) is 44.8 Å². The monoisotopic (exact) mass is 566 g/mol. The molecule has 4 aromatic rings. The standard InChI is InChI=1S/C27H30N6O4S2/c1-2-25-31-32-27(39-25)38-18-21-14-22(33-8-11-35-12-9-33)15-24(29-21)28-16-19-5-3-6-20(13-19)30-26(34)37-17-23-7-4-10-36-23/h3-7,10,13-15H,2,8-9,11-12,16-18H2,1H3,(H,28,29)(H,30,34). The van der Waals surface area contributed by atoms with Crippen LogP contribution in [0.5, 0.6) is 0 Å². The topological polar surface area (TPSA) is 115 Å². The van der Waals surface area contributed by atoms with Crippen molar-refractivity contribution in [2.45, 2.75) is 36.6 Å². The molecule has 1 aromatic carbocycles. The van der Waals surface area contributed by atoms with Gasteiger partial charge in [-0.2, -0.15) is 0 Å². The molecule has 4 heterocycles. The van der Waals surface area contributed by atoms with Crippen molar-refractivity contribution in [2.24, 2.45) is 0 Å². The minimum absolute atomic E-state index is 0.0741. The maximum Gasteiger partial charge on any atom is 0.412 e. The summed E-state index contributed by atoms with van der Waals surface area (Å²) in [5, 5.41) is 15.8. The van der Waals surface area contributed by atoms with Crippen LogP contribution in [-0.2, 0) is 34.8 Å². The first-order valence-corrected chi connectivity index (χ1v) is 14.5. The number of hydrogen-bond donors (Lipinski definition) is 2. The number of pyridine rings is 1. The number of anilines is 3. The molecule has 1 aliphatic heterocycles. The van der Waals surface area contributed by atoms with Gasteiger partial charge in [0.25, 0.3) is 0 Å². The van der Waals surface area contributed by atoms with E-state index in [1.807, 2.05) is 24.3 Å². The minimum Gasteiger partial charge on any atom is -0.466 e. The van der Waals surface area contributed by atoms with E-state index in [4.69, 9.17) is 18.9 Å². The molecule has 1 amide bonds. The van der Waals surface area contributed by atoms with Gasteiger partial charge in [0.2, 0.25) is 0 Å². The van der Waals surface area contributed by atoms with Gasteiger partial charge in [0.15, 0.2) is 10.9 Å². The molecular weight excluding hydrogens is 536 g/mol. The number of benzene rings is 1. The maximum atomic E-state index is 12.2. The summed E-state index contributed by atoms with van der Waals surface area (Å²) in [4.78, 5) is 19.4. The van der Waals surface area contributed by atoms with Crippen LogP contribution in [0.3, 0.4) is 0 Å². The van der Waals surface area contributed by atoms with Crippen LogP contribution in [-0.4, -0.2) is 47.6 Å². The van der Waals surface area contributed by atoms with Crippen molar-refractivity contribution in [3.05, 3.63) is 76.8 Å². The predicted octanol–water partition coefficient (Wildman–Crippen LogP) is 5.58. The molecule has 2 N–H and O–H groups in total. The quantitative estimate of drug-likeness (QED) is 0.223. The van der Waals surface area contributed by atoms with E-state index < -0.39 is 6.09 Å². The predicted molar refractivity (Wildman–Crippen MR) is 152 cm³/mol. The highest BCUT2D eigenvalue weighted by molar-refractivity contribution is 8.00. The molecule has 5 rings (SSSR count). The summed E-state index contributed by atoms with van der Waals surface area (Å²) in [5.41, 5.74) is 3.73. The van der Waals surface area contributed by atoms with E-state index in [1.165, 1.54) is 0 Å². The van der Waals surface area contributed by atoms with Crippen LogP contribution in [0, 0.1) is 0 Å². The van der Waals surface area contributed by atoms with Crippen molar-refractivity contribution in [1.82, 2.24) is 15.2 Å².